The van der Waals surface area contributed by atoms with Crippen molar-refractivity contribution in [3.05, 3.63) is 52.1 Å². The van der Waals surface area contributed by atoms with E-state index in [9.17, 15) is 19.6 Å². The summed E-state index contributed by atoms with van der Waals surface area (Å²) in [7, 11) is 2.29. The van der Waals surface area contributed by atoms with Crippen LogP contribution in [0.2, 0.25) is 0 Å². The van der Waals surface area contributed by atoms with Gasteiger partial charge >= 0.3 is 11.9 Å². The van der Waals surface area contributed by atoms with Crippen LogP contribution in [0.25, 0.3) is 0 Å². The number of nitrogens with zero attached hydrogens (tertiary/aromatic N) is 1. The second-order valence-electron chi connectivity index (χ2n) is 6.20. The zero-order valence-corrected chi connectivity index (χ0v) is 15.4. The van der Waals surface area contributed by atoms with Crippen LogP contribution >= 0.6 is 0 Å². The summed E-state index contributed by atoms with van der Waals surface area (Å²) in [5, 5.41) is 12.5. The van der Waals surface area contributed by atoms with Crippen LogP contribution in [0.1, 0.15) is 17.5 Å². The average molecular weight is 383 g/mol. The van der Waals surface area contributed by atoms with E-state index in [2.05, 4.69) is 10.1 Å². The SMILES string of the molecule is COC(=O)CC1=C(C(=O)OC)[C@]2(C(=O)Nc3c(C)cccc32)C(C#N)=C(N)O1. The molecule has 2 heterocycles. The Morgan fingerprint density at radius 3 is 2.64 bits per heavy atom. The predicted molar refractivity (Wildman–Crippen MR) is 95.1 cm³/mol. The second-order valence-corrected chi connectivity index (χ2v) is 6.20. The molecule has 1 aromatic rings. The highest BCUT2D eigenvalue weighted by Crippen LogP contribution is 2.53. The van der Waals surface area contributed by atoms with Crippen LogP contribution in [-0.4, -0.2) is 32.1 Å². The van der Waals surface area contributed by atoms with E-state index in [-0.39, 0.29) is 22.8 Å². The van der Waals surface area contributed by atoms with Crippen molar-refractivity contribution in [2.24, 2.45) is 5.73 Å². The fraction of sp³-hybridized carbons (Fsp3) is 0.263. The number of nitrogens with one attached hydrogen (secondary N) is 1. The molecule has 0 aliphatic carbocycles. The molecule has 0 radical (unpaired) electrons. The van der Waals surface area contributed by atoms with E-state index in [0.717, 1.165) is 12.7 Å². The summed E-state index contributed by atoms with van der Waals surface area (Å²) in [5.74, 6) is -2.90. The molecule has 1 aromatic carbocycles. The molecule has 0 fully saturated rings. The van der Waals surface area contributed by atoms with Crippen LogP contribution < -0.4 is 11.1 Å². The van der Waals surface area contributed by atoms with E-state index in [1.165, 1.54) is 7.11 Å². The van der Waals surface area contributed by atoms with Gasteiger partial charge in [0.25, 0.3) is 0 Å². The first-order valence-electron chi connectivity index (χ1n) is 8.21. The zero-order chi connectivity index (χ0) is 20.6. The average Bonchev–Trinajstić information content (AvgIpc) is 2.95. The lowest BCUT2D eigenvalue weighted by molar-refractivity contribution is -0.141. The number of amides is 1. The molecular weight excluding hydrogens is 366 g/mol. The van der Waals surface area contributed by atoms with Gasteiger partial charge in [-0.2, -0.15) is 5.26 Å². The molecule has 9 nitrogen and oxygen atoms in total. The highest BCUT2D eigenvalue weighted by molar-refractivity contribution is 6.18. The van der Waals surface area contributed by atoms with Crippen molar-refractivity contribution in [1.82, 2.24) is 0 Å². The van der Waals surface area contributed by atoms with E-state index in [4.69, 9.17) is 15.2 Å². The summed E-state index contributed by atoms with van der Waals surface area (Å²) in [6.45, 7) is 1.77. The van der Waals surface area contributed by atoms with Crippen molar-refractivity contribution >= 4 is 23.5 Å². The van der Waals surface area contributed by atoms with Crippen molar-refractivity contribution < 1.29 is 28.6 Å². The smallest absolute Gasteiger partial charge is 0.339 e. The summed E-state index contributed by atoms with van der Waals surface area (Å²) in [5.41, 5.74) is 5.02. The number of aryl methyl sites for hydroxylation is 1. The molecule has 144 valence electrons. The third-order valence-corrected chi connectivity index (χ3v) is 4.80. The van der Waals surface area contributed by atoms with Crippen molar-refractivity contribution in [2.45, 2.75) is 18.8 Å². The summed E-state index contributed by atoms with van der Waals surface area (Å²) in [6.07, 6.45) is -0.476. The lowest BCUT2D eigenvalue weighted by Gasteiger charge is -2.34. The van der Waals surface area contributed by atoms with Gasteiger partial charge in [-0.25, -0.2) is 4.79 Å². The number of carbonyl (C=O) groups is 3. The summed E-state index contributed by atoms with van der Waals surface area (Å²) >= 11 is 0. The normalized spacial score (nSPS) is 20.3. The standard InChI is InChI=1S/C19H17N3O6/c1-9-5-4-6-10-15(9)22-18(25)19(10)11(8-20)16(21)28-12(7-13(23)26-2)14(19)17(24)27-3/h4-6H,7,21H2,1-3H3,(H,22,25)/t19-/m1/s1. The van der Waals surface area contributed by atoms with Gasteiger partial charge in [-0.1, -0.05) is 18.2 Å². The molecule has 0 saturated carbocycles. The van der Waals surface area contributed by atoms with Gasteiger partial charge in [0, 0.05) is 11.3 Å². The molecule has 2 aliphatic heterocycles. The highest BCUT2D eigenvalue weighted by atomic mass is 16.5. The van der Waals surface area contributed by atoms with Gasteiger partial charge in [0.05, 0.1) is 14.2 Å². The number of anilines is 1. The number of esters is 2. The fourth-order valence-corrected chi connectivity index (χ4v) is 3.56. The van der Waals surface area contributed by atoms with Gasteiger partial charge in [0.2, 0.25) is 11.8 Å². The van der Waals surface area contributed by atoms with Gasteiger partial charge in [0.15, 0.2) is 5.41 Å². The van der Waals surface area contributed by atoms with E-state index in [1.54, 1.807) is 25.1 Å². The van der Waals surface area contributed by atoms with Gasteiger partial charge in [-0.3, -0.25) is 9.59 Å². The number of nitrogens with two attached hydrogens (primary N) is 1. The Bertz CT molecular complexity index is 1020. The molecule has 1 atom stereocenters. The largest absolute Gasteiger partial charge is 0.469 e. The van der Waals surface area contributed by atoms with Crippen LogP contribution in [0.15, 0.2) is 41.0 Å². The minimum atomic E-state index is -1.89. The monoisotopic (exact) mass is 383 g/mol. The zero-order valence-electron chi connectivity index (χ0n) is 15.4. The fourth-order valence-electron chi connectivity index (χ4n) is 3.56. The lowest BCUT2D eigenvalue weighted by Crippen LogP contribution is -2.46. The second kappa shape index (κ2) is 6.74. The lowest BCUT2D eigenvalue weighted by atomic mass is 9.67. The molecule has 0 saturated heterocycles. The molecule has 0 bridgehead atoms. The number of carbonyl (C=O) groups excluding carboxylic acids is 3. The summed E-state index contributed by atoms with van der Waals surface area (Å²) in [4.78, 5) is 37.9. The topological polar surface area (TPSA) is 141 Å². The highest BCUT2D eigenvalue weighted by Gasteiger charge is 2.60. The third-order valence-electron chi connectivity index (χ3n) is 4.80. The number of fused-ring (bicyclic) bond motifs is 2. The maximum Gasteiger partial charge on any atom is 0.339 e. The molecule has 3 rings (SSSR count). The first kappa shape index (κ1) is 19.0. The van der Waals surface area contributed by atoms with Crippen molar-refractivity contribution in [1.29, 1.82) is 5.26 Å². The molecule has 9 heteroatoms. The van der Waals surface area contributed by atoms with Crippen LogP contribution in [-0.2, 0) is 34.0 Å². The van der Waals surface area contributed by atoms with Gasteiger partial charge in [0.1, 0.15) is 29.4 Å². The molecule has 3 N–H and O–H groups in total. The number of hydrogen-bond donors (Lipinski definition) is 2. The van der Waals surface area contributed by atoms with E-state index < -0.39 is 29.7 Å². The maximum atomic E-state index is 13.2. The number of rotatable bonds is 3. The Morgan fingerprint density at radius 1 is 1.32 bits per heavy atom. The molecule has 0 aromatic heterocycles. The van der Waals surface area contributed by atoms with Crippen LogP contribution in [0.4, 0.5) is 5.69 Å². The molecule has 1 amide bonds. The van der Waals surface area contributed by atoms with Gasteiger partial charge in [-0.05, 0) is 12.5 Å². The first-order chi connectivity index (χ1) is 13.3. The van der Waals surface area contributed by atoms with E-state index in [0.29, 0.717) is 11.3 Å². The molecule has 2 aliphatic rings. The Morgan fingerprint density at radius 2 is 2.04 bits per heavy atom. The maximum absolute atomic E-state index is 13.2. The summed E-state index contributed by atoms with van der Waals surface area (Å²) in [6, 6.07) is 6.95. The third kappa shape index (κ3) is 2.42. The number of methoxy groups -OCH3 is 2. The van der Waals surface area contributed by atoms with Crippen LogP contribution in [0.5, 0.6) is 0 Å². The van der Waals surface area contributed by atoms with E-state index >= 15 is 0 Å². The Labute approximate surface area is 160 Å². The minimum absolute atomic E-state index is 0.209. The number of nitriles is 1. The van der Waals surface area contributed by atoms with Crippen molar-refractivity contribution in [3.8, 4) is 6.07 Å². The van der Waals surface area contributed by atoms with Crippen LogP contribution in [0.3, 0.4) is 0 Å². The Kier molecular flexibility index (Phi) is 4.56. The quantitative estimate of drug-likeness (QED) is 0.734. The Hall–Kier alpha value is -3.80. The summed E-state index contributed by atoms with van der Waals surface area (Å²) < 4.78 is 14.9. The number of ether oxygens (including phenoxy) is 3. The predicted octanol–water partition coefficient (Wildman–Crippen LogP) is 0.899. The Balaban J connectivity index is 2.43. The molecule has 1 spiro atoms. The first-order valence-corrected chi connectivity index (χ1v) is 8.21. The number of hydrogen-bond acceptors (Lipinski definition) is 8. The molecule has 28 heavy (non-hydrogen) atoms. The van der Waals surface area contributed by atoms with Crippen LogP contribution in [0, 0.1) is 18.3 Å². The van der Waals surface area contributed by atoms with Gasteiger partial charge in [-0.15, -0.1) is 0 Å². The molecular formula is C19H17N3O6. The van der Waals surface area contributed by atoms with Crippen molar-refractivity contribution in [3.63, 3.8) is 0 Å². The van der Waals surface area contributed by atoms with Crippen molar-refractivity contribution in [2.75, 3.05) is 19.5 Å². The molecule has 0 unspecified atom stereocenters. The number of para-hydroxylation sites is 1. The van der Waals surface area contributed by atoms with Gasteiger partial charge < -0.3 is 25.3 Å². The van der Waals surface area contributed by atoms with E-state index in [1.807, 2.05) is 6.07 Å². The minimum Gasteiger partial charge on any atom is -0.469 e. The number of benzene rings is 1.